The Morgan fingerprint density at radius 2 is 2.07 bits per heavy atom. The van der Waals surface area contributed by atoms with E-state index in [9.17, 15) is 0 Å². The molecule has 4 nitrogen and oxygen atoms in total. The maximum absolute atomic E-state index is 5.45. The molecule has 1 aromatic heterocycles. The maximum atomic E-state index is 5.45. The molecule has 86 valence electrons. The number of nitrogens with two attached hydrogens (primary N) is 1. The fourth-order valence-corrected chi connectivity index (χ4v) is 1.72. The van der Waals surface area contributed by atoms with Crippen molar-refractivity contribution in [1.82, 2.24) is 15.0 Å². The monoisotopic (exact) mass is 210 g/mol. The van der Waals surface area contributed by atoms with Gasteiger partial charge < -0.3 is 5.73 Å². The normalized spacial score (nSPS) is 11.2. The quantitative estimate of drug-likeness (QED) is 0.699. The van der Waals surface area contributed by atoms with Gasteiger partial charge in [-0.2, -0.15) is 0 Å². The largest absolute Gasteiger partial charge is 0.330 e. The van der Waals surface area contributed by atoms with E-state index in [2.05, 4.69) is 30.4 Å². The Hall–Kier alpha value is -0.900. The molecule has 0 aliphatic heterocycles. The van der Waals surface area contributed by atoms with Crippen LogP contribution in [0.1, 0.15) is 51.3 Å². The smallest absolute Gasteiger partial charge is 0.0827 e. The molecule has 0 radical (unpaired) electrons. The molecule has 0 fully saturated rings. The average molecular weight is 210 g/mol. The van der Waals surface area contributed by atoms with Crippen LogP contribution in [0.15, 0.2) is 6.20 Å². The summed E-state index contributed by atoms with van der Waals surface area (Å²) in [4.78, 5) is 0. The summed E-state index contributed by atoms with van der Waals surface area (Å²) in [6, 6.07) is 0.501. The van der Waals surface area contributed by atoms with Crippen LogP contribution in [0.3, 0.4) is 0 Å². The fraction of sp³-hybridized carbons (Fsp3) is 0.818. The lowest BCUT2D eigenvalue weighted by Crippen LogP contribution is -2.07. The first kappa shape index (κ1) is 12.2. The van der Waals surface area contributed by atoms with Gasteiger partial charge in [-0.15, -0.1) is 5.10 Å². The second kappa shape index (κ2) is 6.56. The van der Waals surface area contributed by atoms with E-state index in [-0.39, 0.29) is 0 Å². The number of hydrogen-bond donors (Lipinski definition) is 1. The Labute approximate surface area is 91.9 Å². The van der Waals surface area contributed by atoms with Crippen molar-refractivity contribution in [3.63, 3.8) is 0 Å². The minimum Gasteiger partial charge on any atom is -0.330 e. The van der Waals surface area contributed by atoms with Crippen molar-refractivity contribution < 1.29 is 0 Å². The molecule has 0 saturated heterocycles. The molecule has 0 atom stereocenters. The van der Waals surface area contributed by atoms with E-state index in [1.165, 1.54) is 0 Å². The Bertz CT molecular complexity index is 265. The zero-order chi connectivity index (χ0) is 11.1. The van der Waals surface area contributed by atoms with Crippen LogP contribution < -0.4 is 5.73 Å². The Kier molecular flexibility index (Phi) is 5.32. The van der Waals surface area contributed by atoms with Crippen LogP contribution in [-0.4, -0.2) is 21.5 Å². The summed E-state index contributed by atoms with van der Waals surface area (Å²) in [5.74, 6) is 0. The predicted octanol–water partition coefficient (Wildman–Crippen LogP) is 1.92. The van der Waals surface area contributed by atoms with Crippen molar-refractivity contribution in [3.05, 3.63) is 11.9 Å². The summed E-state index contributed by atoms with van der Waals surface area (Å²) >= 11 is 0. The van der Waals surface area contributed by atoms with E-state index in [4.69, 9.17) is 5.73 Å². The standard InChI is InChI=1S/C11H22N4/c1-3-11(4-2)15-9-10(13-14-15)7-5-6-8-12/h9,11H,3-8,12H2,1-2H3. The lowest BCUT2D eigenvalue weighted by atomic mass is 10.2. The number of aryl methyl sites for hydroxylation is 1. The molecular weight excluding hydrogens is 188 g/mol. The van der Waals surface area contributed by atoms with Crippen LogP contribution >= 0.6 is 0 Å². The summed E-state index contributed by atoms with van der Waals surface area (Å²) in [5, 5.41) is 8.35. The molecule has 0 saturated carbocycles. The molecule has 0 bridgehead atoms. The van der Waals surface area contributed by atoms with E-state index >= 15 is 0 Å². The Morgan fingerprint density at radius 1 is 1.33 bits per heavy atom. The molecule has 15 heavy (non-hydrogen) atoms. The number of aromatic nitrogens is 3. The van der Waals surface area contributed by atoms with Gasteiger partial charge in [0, 0.05) is 6.20 Å². The summed E-state index contributed by atoms with van der Waals surface area (Å²) < 4.78 is 2.00. The van der Waals surface area contributed by atoms with Gasteiger partial charge in [-0.3, -0.25) is 0 Å². The zero-order valence-corrected chi connectivity index (χ0v) is 9.82. The van der Waals surface area contributed by atoms with Gasteiger partial charge in [-0.25, -0.2) is 4.68 Å². The first-order valence-electron chi connectivity index (χ1n) is 5.92. The minimum atomic E-state index is 0.501. The summed E-state index contributed by atoms with van der Waals surface area (Å²) in [5.41, 5.74) is 6.54. The van der Waals surface area contributed by atoms with E-state index < -0.39 is 0 Å². The Balaban J connectivity index is 2.47. The second-order valence-electron chi connectivity index (χ2n) is 3.91. The first-order valence-corrected chi connectivity index (χ1v) is 5.92. The van der Waals surface area contributed by atoms with Crippen molar-refractivity contribution in [3.8, 4) is 0 Å². The van der Waals surface area contributed by atoms with Crippen molar-refractivity contribution in [2.45, 2.75) is 52.0 Å². The van der Waals surface area contributed by atoms with Gasteiger partial charge in [0.2, 0.25) is 0 Å². The molecule has 1 rings (SSSR count). The molecule has 0 aliphatic carbocycles. The molecular formula is C11H22N4. The third-order valence-corrected chi connectivity index (χ3v) is 2.76. The molecule has 2 N–H and O–H groups in total. The first-order chi connectivity index (χ1) is 7.31. The van der Waals surface area contributed by atoms with Gasteiger partial charge in [0.25, 0.3) is 0 Å². The fourth-order valence-electron chi connectivity index (χ4n) is 1.72. The number of unbranched alkanes of at least 4 members (excludes halogenated alkanes) is 1. The van der Waals surface area contributed by atoms with Gasteiger partial charge in [-0.1, -0.05) is 19.1 Å². The maximum Gasteiger partial charge on any atom is 0.0827 e. The van der Waals surface area contributed by atoms with Crippen LogP contribution in [0.25, 0.3) is 0 Å². The number of hydrogen-bond acceptors (Lipinski definition) is 3. The number of rotatable bonds is 7. The SMILES string of the molecule is CCC(CC)n1cc(CCCCN)nn1. The number of nitrogens with zero attached hydrogens (tertiary/aromatic N) is 3. The molecule has 0 aliphatic rings. The topological polar surface area (TPSA) is 56.7 Å². The third-order valence-electron chi connectivity index (χ3n) is 2.76. The summed E-state index contributed by atoms with van der Waals surface area (Å²) in [7, 11) is 0. The van der Waals surface area contributed by atoms with Crippen LogP contribution in [0.4, 0.5) is 0 Å². The van der Waals surface area contributed by atoms with Crippen molar-refractivity contribution in [2.75, 3.05) is 6.54 Å². The van der Waals surface area contributed by atoms with Crippen molar-refractivity contribution in [1.29, 1.82) is 0 Å². The lowest BCUT2D eigenvalue weighted by molar-refractivity contribution is 0.418. The van der Waals surface area contributed by atoms with E-state index in [1.807, 2.05) is 4.68 Å². The predicted molar refractivity (Wildman–Crippen MR) is 61.6 cm³/mol. The molecule has 0 aromatic carbocycles. The van der Waals surface area contributed by atoms with Crippen molar-refractivity contribution in [2.24, 2.45) is 5.73 Å². The van der Waals surface area contributed by atoms with Crippen LogP contribution in [-0.2, 0) is 6.42 Å². The van der Waals surface area contributed by atoms with Crippen LogP contribution in [0.5, 0.6) is 0 Å². The summed E-state index contributed by atoms with van der Waals surface area (Å²) in [6.45, 7) is 5.13. The highest BCUT2D eigenvalue weighted by molar-refractivity contribution is 4.93. The molecule has 1 heterocycles. The molecule has 0 unspecified atom stereocenters. The summed E-state index contributed by atoms with van der Waals surface area (Å²) in [6.07, 6.45) is 7.48. The highest BCUT2D eigenvalue weighted by Gasteiger charge is 2.08. The van der Waals surface area contributed by atoms with Gasteiger partial charge >= 0.3 is 0 Å². The van der Waals surface area contributed by atoms with Gasteiger partial charge in [0.05, 0.1) is 11.7 Å². The average Bonchev–Trinajstić information content (AvgIpc) is 2.69. The highest BCUT2D eigenvalue weighted by atomic mass is 15.4. The highest BCUT2D eigenvalue weighted by Crippen LogP contribution is 2.14. The van der Waals surface area contributed by atoms with Crippen LogP contribution in [0.2, 0.25) is 0 Å². The van der Waals surface area contributed by atoms with E-state index in [1.54, 1.807) is 0 Å². The van der Waals surface area contributed by atoms with Gasteiger partial charge in [0.1, 0.15) is 0 Å². The Morgan fingerprint density at radius 3 is 2.67 bits per heavy atom. The third kappa shape index (κ3) is 3.63. The van der Waals surface area contributed by atoms with E-state index in [0.29, 0.717) is 6.04 Å². The van der Waals surface area contributed by atoms with Crippen LogP contribution in [0, 0.1) is 0 Å². The minimum absolute atomic E-state index is 0.501. The molecule has 1 aromatic rings. The molecule has 4 heteroatoms. The van der Waals surface area contributed by atoms with Gasteiger partial charge in [0.15, 0.2) is 0 Å². The molecule has 0 spiro atoms. The van der Waals surface area contributed by atoms with Gasteiger partial charge in [-0.05, 0) is 38.6 Å². The zero-order valence-electron chi connectivity index (χ0n) is 9.82. The molecule has 0 amide bonds. The van der Waals surface area contributed by atoms with E-state index in [0.717, 1.165) is 44.3 Å². The second-order valence-corrected chi connectivity index (χ2v) is 3.91. The lowest BCUT2D eigenvalue weighted by Gasteiger charge is -2.10. The van der Waals surface area contributed by atoms with Crippen molar-refractivity contribution >= 4 is 0 Å².